The van der Waals surface area contributed by atoms with Crippen molar-refractivity contribution in [3.8, 4) is 5.75 Å². The molecule has 0 aliphatic heterocycles. The molecule has 0 aliphatic rings. The number of ketones is 1. The summed E-state index contributed by atoms with van der Waals surface area (Å²) in [5, 5.41) is 11.6. The Morgan fingerprint density at radius 2 is 2.00 bits per heavy atom. The van der Waals surface area contributed by atoms with E-state index in [1.165, 1.54) is 28.7 Å². The fourth-order valence-corrected chi connectivity index (χ4v) is 3.40. The number of aromatic nitrogens is 1. The first kappa shape index (κ1) is 14.5. The maximum Gasteiger partial charge on any atom is 0.266 e. The van der Waals surface area contributed by atoms with Crippen LogP contribution in [0.15, 0.2) is 46.6 Å². The van der Waals surface area contributed by atoms with Gasteiger partial charge in [0.2, 0.25) is 0 Å². The third-order valence-electron chi connectivity index (χ3n) is 2.93. The molecular weight excluding hydrogens is 318 g/mol. The second-order valence-electron chi connectivity index (χ2n) is 4.47. The van der Waals surface area contributed by atoms with Crippen molar-refractivity contribution in [1.82, 2.24) is 4.98 Å². The van der Waals surface area contributed by atoms with Crippen LogP contribution >= 0.6 is 22.7 Å². The number of hydrogen-bond donors (Lipinski definition) is 2. The topological polar surface area (TPSA) is 70.2 Å². The van der Waals surface area contributed by atoms with Crippen molar-refractivity contribution < 1.29 is 9.90 Å². The van der Waals surface area contributed by atoms with Gasteiger partial charge in [-0.2, -0.15) is 0 Å². The average Bonchev–Trinajstić information content (AvgIpc) is 3.12. The van der Waals surface area contributed by atoms with Gasteiger partial charge in [0.1, 0.15) is 5.75 Å². The van der Waals surface area contributed by atoms with Gasteiger partial charge in [-0.15, -0.1) is 22.7 Å². The minimum Gasteiger partial charge on any atom is -0.507 e. The van der Waals surface area contributed by atoms with Gasteiger partial charge in [-0.25, -0.2) is 0 Å². The highest BCUT2D eigenvalue weighted by molar-refractivity contribution is 7.12. The maximum absolute atomic E-state index is 12.0. The van der Waals surface area contributed by atoms with Crippen LogP contribution in [0.5, 0.6) is 5.75 Å². The number of phenols is 1. The Morgan fingerprint density at radius 1 is 1.18 bits per heavy atom. The molecule has 0 spiro atoms. The summed E-state index contributed by atoms with van der Waals surface area (Å²) < 4.78 is 0.928. The molecule has 1 aromatic carbocycles. The van der Waals surface area contributed by atoms with Gasteiger partial charge < -0.3 is 10.1 Å². The molecule has 0 atom stereocenters. The van der Waals surface area contributed by atoms with Crippen LogP contribution in [0.2, 0.25) is 0 Å². The molecule has 0 saturated carbocycles. The second kappa shape index (κ2) is 6.13. The lowest BCUT2D eigenvalue weighted by Crippen LogP contribution is -2.19. The molecular formula is C16H11NO3S2. The number of nitrogens with one attached hydrogen (secondary N) is 1. The number of para-hydroxylation sites is 1. The van der Waals surface area contributed by atoms with Crippen LogP contribution < -0.4 is 14.8 Å². The van der Waals surface area contributed by atoms with E-state index in [0.29, 0.717) is 19.6 Å². The first-order valence-electron chi connectivity index (χ1n) is 6.42. The number of rotatable bonds is 3. The lowest BCUT2D eigenvalue weighted by Gasteiger charge is -1.94. The van der Waals surface area contributed by atoms with E-state index in [1.54, 1.807) is 42.5 Å². The number of Topliss-reactive ketones (excluding diaryl/α,β-unsaturated/α-hetero) is 1. The van der Waals surface area contributed by atoms with Crippen molar-refractivity contribution in [2.24, 2.45) is 0 Å². The van der Waals surface area contributed by atoms with Crippen LogP contribution in [0.1, 0.15) is 15.2 Å². The third kappa shape index (κ3) is 3.08. The number of thiazole rings is 1. The van der Waals surface area contributed by atoms with Crippen molar-refractivity contribution in [3.05, 3.63) is 71.8 Å². The number of benzene rings is 1. The van der Waals surface area contributed by atoms with Gasteiger partial charge in [0.05, 0.1) is 14.1 Å². The highest BCUT2D eigenvalue weighted by atomic mass is 32.1. The fourth-order valence-electron chi connectivity index (χ4n) is 1.88. The molecule has 110 valence electrons. The Kier molecular flexibility index (Phi) is 4.04. The number of aromatic hydroxyl groups is 1. The lowest BCUT2D eigenvalue weighted by atomic mass is 10.2. The molecule has 2 aromatic heterocycles. The number of carbonyl (C=O) groups is 1. The number of phenolic OH excluding ortho intramolecular Hbond substituents is 1. The van der Waals surface area contributed by atoms with Crippen LogP contribution in [-0.4, -0.2) is 15.9 Å². The van der Waals surface area contributed by atoms with Gasteiger partial charge in [-0.1, -0.05) is 24.3 Å². The molecule has 4 nitrogen and oxygen atoms in total. The van der Waals surface area contributed by atoms with E-state index >= 15 is 0 Å². The number of H-pyrrole nitrogens is 1. The molecule has 2 N–H and O–H groups in total. The first-order chi connectivity index (χ1) is 10.6. The summed E-state index contributed by atoms with van der Waals surface area (Å²) in [5.41, 5.74) is 0.282. The molecule has 6 heteroatoms. The zero-order valence-corrected chi connectivity index (χ0v) is 12.9. The van der Waals surface area contributed by atoms with Gasteiger partial charge in [-0.05, 0) is 23.6 Å². The van der Waals surface area contributed by atoms with Gasteiger partial charge in [0, 0.05) is 11.6 Å². The summed E-state index contributed by atoms with van der Waals surface area (Å²) >= 11 is 2.54. The zero-order chi connectivity index (χ0) is 15.5. The molecule has 0 aliphatic carbocycles. The quantitative estimate of drug-likeness (QED) is 0.719. The van der Waals surface area contributed by atoms with Crippen LogP contribution in [0.4, 0.5) is 0 Å². The van der Waals surface area contributed by atoms with Crippen LogP contribution in [0.25, 0.3) is 12.2 Å². The van der Waals surface area contributed by atoms with E-state index in [4.69, 9.17) is 0 Å². The Labute approximate surface area is 133 Å². The van der Waals surface area contributed by atoms with Gasteiger partial charge >= 0.3 is 0 Å². The van der Waals surface area contributed by atoms with Gasteiger partial charge in [0.15, 0.2) is 5.78 Å². The van der Waals surface area contributed by atoms with E-state index < -0.39 is 0 Å². The highest BCUT2D eigenvalue weighted by Crippen LogP contribution is 2.15. The lowest BCUT2D eigenvalue weighted by molar-refractivity contribution is 0.106. The number of aromatic amines is 1. The third-order valence-corrected chi connectivity index (χ3v) is 4.78. The predicted octanol–water partition coefficient (Wildman–Crippen LogP) is 1.70. The molecule has 0 amide bonds. The van der Waals surface area contributed by atoms with E-state index in [1.807, 2.05) is 5.38 Å². The molecule has 22 heavy (non-hydrogen) atoms. The van der Waals surface area contributed by atoms with E-state index in [0.717, 1.165) is 0 Å². The maximum atomic E-state index is 12.0. The summed E-state index contributed by atoms with van der Waals surface area (Å²) in [7, 11) is 0. The number of thiophene rings is 1. The number of carbonyl (C=O) groups excluding carboxylic acids is 1. The Bertz CT molecular complexity index is 981. The smallest absolute Gasteiger partial charge is 0.266 e. The summed E-state index contributed by atoms with van der Waals surface area (Å²) in [6.07, 6.45) is 3.02. The largest absolute Gasteiger partial charge is 0.507 e. The van der Waals surface area contributed by atoms with Crippen molar-refractivity contribution in [1.29, 1.82) is 0 Å². The van der Waals surface area contributed by atoms with E-state index in [-0.39, 0.29) is 17.1 Å². The van der Waals surface area contributed by atoms with Crippen molar-refractivity contribution in [2.75, 3.05) is 0 Å². The van der Waals surface area contributed by atoms with Crippen LogP contribution in [0, 0.1) is 0 Å². The molecule has 2 heterocycles. The SMILES string of the molecule is O=C(C=c1[nH]c(=O)c(=Cc2ccccc2O)s1)c1cccs1. The van der Waals surface area contributed by atoms with E-state index in [2.05, 4.69) is 4.98 Å². The Morgan fingerprint density at radius 3 is 2.73 bits per heavy atom. The molecule has 0 radical (unpaired) electrons. The molecule has 3 rings (SSSR count). The molecule has 0 bridgehead atoms. The normalized spacial score (nSPS) is 12.7. The minimum atomic E-state index is -0.279. The van der Waals surface area contributed by atoms with Gasteiger partial charge in [0.25, 0.3) is 5.56 Å². The van der Waals surface area contributed by atoms with Crippen LogP contribution in [0.3, 0.4) is 0 Å². The first-order valence-corrected chi connectivity index (χ1v) is 8.11. The van der Waals surface area contributed by atoms with Crippen molar-refractivity contribution >= 4 is 40.6 Å². The monoisotopic (exact) mass is 329 g/mol. The average molecular weight is 329 g/mol. The van der Waals surface area contributed by atoms with Crippen molar-refractivity contribution in [3.63, 3.8) is 0 Å². The Hall–Kier alpha value is -2.44. The fraction of sp³-hybridized carbons (Fsp3) is 0. The number of hydrogen-bond acceptors (Lipinski definition) is 5. The molecule has 0 unspecified atom stereocenters. The molecule has 3 aromatic rings. The summed E-state index contributed by atoms with van der Waals surface area (Å²) in [6.45, 7) is 0. The zero-order valence-electron chi connectivity index (χ0n) is 11.3. The van der Waals surface area contributed by atoms with Crippen molar-refractivity contribution in [2.45, 2.75) is 0 Å². The molecule has 0 saturated heterocycles. The van der Waals surface area contributed by atoms with Gasteiger partial charge in [-0.3, -0.25) is 9.59 Å². The molecule has 0 fully saturated rings. The highest BCUT2D eigenvalue weighted by Gasteiger charge is 2.04. The summed E-state index contributed by atoms with van der Waals surface area (Å²) in [6, 6.07) is 10.3. The van der Waals surface area contributed by atoms with E-state index in [9.17, 15) is 14.7 Å². The summed E-state index contributed by atoms with van der Waals surface area (Å²) in [4.78, 5) is 27.2. The minimum absolute atomic E-state index is 0.107. The predicted molar refractivity (Wildman–Crippen MR) is 89.0 cm³/mol. The second-order valence-corrected chi connectivity index (χ2v) is 6.51. The Balaban J connectivity index is 2.04. The summed E-state index contributed by atoms with van der Waals surface area (Å²) in [5.74, 6) is -0.0305. The van der Waals surface area contributed by atoms with Crippen LogP contribution in [-0.2, 0) is 0 Å². The standard InChI is InChI=1S/C16H11NO3S2/c18-11-5-2-1-4-10(11)8-14-16(20)17-15(22-14)9-12(19)13-6-3-7-21-13/h1-9,18H,(H,17,20).